The molecule has 1 saturated heterocycles. The van der Waals surface area contributed by atoms with Gasteiger partial charge < -0.3 is 4.90 Å². The van der Waals surface area contributed by atoms with E-state index in [1.807, 2.05) is 23.1 Å². The van der Waals surface area contributed by atoms with Crippen LogP contribution in [-0.2, 0) is 11.3 Å². The van der Waals surface area contributed by atoms with Gasteiger partial charge in [0.05, 0.1) is 18.0 Å². The minimum absolute atomic E-state index is 0.0411. The molecule has 4 rings (SSSR count). The zero-order valence-corrected chi connectivity index (χ0v) is 16.3. The Labute approximate surface area is 164 Å². The molecule has 1 unspecified atom stereocenters. The minimum atomic E-state index is -0.210. The van der Waals surface area contributed by atoms with E-state index in [0.29, 0.717) is 10.9 Å². The smallest absolute Gasteiger partial charge is 0.277 e. The molecule has 2 heterocycles. The predicted molar refractivity (Wildman–Crippen MR) is 106 cm³/mol. The van der Waals surface area contributed by atoms with E-state index < -0.39 is 0 Å². The van der Waals surface area contributed by atoms with Crippen molar-refractivity contribution in [3.63, 3.8) is 0 Å². The molecule has 1 amide bonds. The summed E-state index contributed by atoms with van der Waals surface area (Å²) in [6, 6.07) is 15.3. The maximum atomic E-state index is 12.8. The fourth-order valence-electron chi connectivity index (χ4n) is 3.64. The van der Waals surface area contributed by atoms with Crippen molar-refractivity contribution in [2.75, 3.05) is 6.54 Å². The van der Waals surface area contributed by atoms with E-state index in [2.05, 4.69) is 38.4 Å². The Balaban J connectivity index is 1.49. The van der Waals surface area contributed by atoms with Crippen LogP contribution in [0, 0.1) is 0 Å². The lowest BCUT2D eigenvalue weighted by Gasteiger charge is -2.25. The number of carbonyl (C=O) groups excluding carboxylic acids is 1. The summed E-state index contributed by atoms with van der Waals surface area (Å²) in [6.45, 7) is 0.978. The van der Waals surface area contributed by atoms with Crippen molar-refractivity contribution >= 4 is 32.7 Å². The Morgan fingerprint density at radius 2 is 2.04 bits per heavy atom. The lowest BCUT2D eigenvalue weighted by molar-refractivity contribution is -0.132. The number of hydrogen-bond acceptors (Lipinski definition) is 4. The highest BCUT2D eigenvalue weighted by molar-refractivity contribution is 9.10. The first-order chi connectivity index (χ1) is 13.1. The van der Waals surface area contributed by atoms with Gasteiger partial charge in [0.15, 0.2) is 0 Å². The summed E-state index contributed by atoms with van der Waals surface area (Å²) < 4.78 is 2.29. The fourth-order valence-corrected chi connectivity index (χ4v) is 4.06. The average molecular weight is 427 g/mol. The lowest BCUT2D eigenvalue weighted by Crippen LogP contribution is -2.33. The number of hydrogen-bond donors (Lipinski definition) is 0. The molecule has 0 spiro atoms. The van der Waals surface area contributed by atoms with E-state index in [1.165, 1.54) is 4.68 Å². The van der Waals surface area contributed by atoms with Gasteiger partial charge in [-0.05, 0) is 42.7 Å². The molecule has 27 heavy (non-hydrogen) atoms. The Morgan fingerprint density at radius 3 is 2.89 bits per heavy atom. The van der Waals surface area contributed by atoms with E-state index in [4.69, 9.17) is 0 Å². The number of likely N-dealkylation sites (tertiary alicyclic amines) is 1. The number of benzene rings is 2. The Bertz CT molecular complexity index is 1050. The molecule has 0 aliphatic carbocycles. The summed E-state index contributed by atoms with van der Waals surface area (Å²) in [5.41, 5.74) is 1.50. The van der Waals surface area contributed by atoms with Crippen LogP contribution in [0.2, 0.25) is 0 Å². The second-order valence-electron chi connectivity index (χ2n) is 6.69. The molecule has 1 atom stereocenters. The third kappa shape index (κ3) is 3.64. The summed E-state index contributed by atoms with van der Waals surface area (Å²) in [5.74, 6) is 0.0411. The monoisotopic (exact) mass is 426 g/mol. The molecule has 6 nitrogen and oxygen atoms in total. The van der Waals surface area contributed by atoms with E-state index in [1.54, 1.807) is 18.2 Å². The summed E-state index contributed by atoms with van der Waals surface area (Å²) in [6.07, 6.45) is 2.17. The summed E-state index contributed by atoms with van der Waals surface area (Å²) in [7, 11) is 0. The predicted octanol–water partition coefficient (Wildman–Crippen LogP) is 3.31. The van der Waals surface area contributed by atoms with Gasteiger partial charge in [0, 0.05) is 17.4 Å². The van der Waals surface area contributed by atoms with Gasteiger partial charge in [0.2, 0.25) is 5.91 Å². The van der Waals surface area contributed by atoms with E-state index in [9.17, 15) is 9.59 Å². The van der Waals surface area contributed by atoms with Gasteiger partial charge >= 0.3 is 0 Å². The Kier molecular flexibility index (Phi) is 5.03. The van der Waals surface area contributed by atoms with Gasteiger partial charge in [0.25, 0.3) is 5.56 Å². The first-order valence-electron chi connectivity index (χ1n) is 9.01. The summed E-state index contributed by atoms with van der Waals surface area (Å²) >= 11 is 3.50. The molecule has 1 aliphatic rings. The zero-order chi connectivity index (χ0) is 18.8. The first kappa shape index (κ1) is 17.9. The molecule has 1 aromatic heterocycles. The van der Waals surface area contributed by atoms with Crippen LogP contribution in [0.3, 0.4) is 0 Å². The molecule has 138 valence electrons. The normalized spacial score (nSPS) is 16.8. The van der Waals surface area contributed by atoms with Gasteiger partial charge in [-0.1, -0.05) is 45.4 Å². The van der Waals surface area contributed by atoms with Crippen LogP contribution in [0.1, 0.15) is 30.9 Å². The van der Waals surface area contributed by atoms with Crippen molar-refractivity contribution in [3.05, 3.63) is 68.9 Å². The Hall–Kier alpha value is -2.54. The van der Waals surface area contributed by atoms with Crippen molar-refractivity contribution in [2.24, 2.45) is 0 Å². The lowest BCUT2D eigenvalue weighted by atomic mass is 10.0. The highest BCUT2D eigenvalue weighted by Crippen LogP contribution is 2.33. The molecule has 1 aliphatic heterocycles. The summed E-state index contributed by atoms with van der Waals surface area (Å²) in [5, 5.41) is 8.56. The zero-order valence-electron chi connectivity index (χ0n) is 14.7. The van der Waals surface area contributed by atoms with Crippen LogP contribution in [0.25, 0.3) is 10.9 Å². The minimum Gasteiger partial charge on any atom is -0.336 e. The van der Waals surface area contributed by atoms with Crippen molar-refractivity contribution in [1.29, 1.82) is 0 Å². The molecule has 0 saturated carbocycles. The van der Waals surface area contributed by atoms with Crippen molar-refractivity contribution < 1.29 is 4.79 Å². The van der Waals surface area contributed by atoms with Crippen LogP contribution in [0.4, 0.5) is 0 Å². The second-order valence-corrected chi connectivity index (χ2v) is 7.60. The standard InChI is InChI=1S/C20H19BrN4O2/c21-15-6-3-5-14(13-15)18-9-4-11-24(18)19(26)10-12-25-20(27)16-7-1-2-8-17(16)22-23-25/h1-3,5-8,13,18H,4,9-12H2. The van der Waals surface area contributed by atoms with E-state index >= 15 is 0 Å². The van der Waals surface area contributed by atoms with E-state index in [-0.39, 0.29) is 30.5 Å². The number of nitrogens with zero attached hydrogens (tertiary/aromatic N) is 4. The number of rotatable bonds is 4. The average Bonchev–Trinajstić information content (AvgIpc) is 3.17. The maximum Gasteiger partial charge on any atom is 0.277 e. The topological polar surface area (TPSA) is 68.1 Å². The molecule has 7 heteroatoms. The maximum absolute atomic E-state index is 12.8. The Morgan fingerprint density at radius 1 is 1.19 bits per heavy atom. The number of halogens is 1. The van der Waals surface area contributed by atoms with Gasteiger partial charge in [-0.25, -0.2) is 4.68 Å². The fraction of sp³-hybridized carbons (Fsp3) is 0.300. The van der Waals surface area contributed by atoms with Crippen LogP contribution >= 0.6 is 15.9 Å². The molecule has 0 N–H and O–H groups in total. The molecule has 3 aromatic rings. The largest absolute Gasteiger partial charge is 0.336 e. The molecular formula is C20H19BrN4O2. The quantitative estimate of drug-likeness (QED) is 0.641. The van der Waals surface area contributed by atoms with Gasteiger partial charge in [-0.15, -0.1) is 5.10 Å². The van der Waals surface area contributed by atoms with Crippen molar-refractivity contribution in [3.8, 4) is 0 Å². The van der Waals surface area contributed by atoms with Gasteiger partial charge in [-0.3, -0.25) is 9.59 Å². The molecule has 0 radical (unpaired) electrons. The molecule has 0 bridgehead atoms. The number of amides is 1. The molecular weight excluding hydrogens is 408 g/mol. The molecule has 2 aromatic carbocycles. The third-order valence-electron chi connectivity index (χ3n) is 4.97. The first-order valence-corrected chi connectivity index (χ1v) is 9.80. The SMILES string of the molecule is O=C(CCn1nnc2ccccc2c1=O)N1CCCC1c1cccc(Br)c1. The van der Waals surface area contributed by atoms with Crippen molar-refractivity contribution in [2.45, 2.75) is 31.8 Å². The van der Waals surface area contributed by atoms with Crippen LogP contribution in [-0.4, -0.2) is 32.3 Å². The molecule has 1 fully saturated rings. The van der Waals surface area contributed by atoms with Gasteiger partial charge in [0.1, 0.15) is 5.52 Å². The van der Waals surface area contributed by atoms with Crippen LogP contribution < -0.4 is 5.56 Å². The van der Waals surface area contributed by atoms with Gasteiger partial charge in [-0.2, -0.15) is 0 Å². The van der Waals surface area contributed by atoms with E-state index in [0.717, 1.165) is 29.4 Å². The van der Waals surface area contributed by atoms with Crippen LogP contribution in [0.5, 0.6) is 0 Å². The van der Waals surface area contributed by atoms with Crippen LogP contribution in [0.15, 0.2) is 57.8 Å². The number of carbonyl (C=O) groups is 1. The number of aryl methyl sites for hydroxylation is 1. The second kappa shape index (κ2) is 7.60. The number of aromatic nitrogens is 3. The summed E-state index contributed by atoms with van der Waals surface area (Å²) in [4.78, 5) is 27.2. The number of fused-ring (bicyclic) bond motifs is 1. The van der Waals surface area contributed by atoms with Crippen molar-refractivity contribution in [1.82, 2.24) is 19.9 Å². The third-order valence-corrected chi connectivity index (χ3v) is 5.47. The highest BCUT2D eigenvalue weighted by atomic mass is 79.9. The highest BCUT2D eigenvalue weighted by Gasteiger charge is 2.29.